The molecule has 0 aromatic carbocycles. The molecule has 1 aliphatic carbocycles. The van der Waals surface area contributed by atoms with Crippen molar-refractivity contribution >= 4 is 13.5 Å². The second-order valence-corrected chi connectivity index (χ2v) is 10.4. The molecule has 0 aliphatic heterocycles. The highest BCUT2D eigenvalue weighted by Gasteiger charge is 2.30. The molecule has 0 heterocycles. The molecule has 80 valence electrons. The molecular formula is C12H22OSi. The number of allylic oxidation sites excluding steroid dienone is 1. The molecule has 0 radical (unpaired) electrons. The number of hydrogen-bond acceptors (Lipinski definition) is 1. The van der Waals surface area contributed by atoms with Gasteiger partial charge in [-0.1, -0.05) is 45.5 Å². The molecule has 1 nitrogen and oxygen atoms in total. The van der Waals surface area contributed by atoms with Gasteiger partial charge in [-0.05, 0) is 24.3 Å². The molecule has 2 heteroatoms. The van der Waals surface area contributed by atoms with Gasteiger partial charge in [-0.15, -0.1) is 0 Å². The molecule has 1 fully saturated rings. The van der Waals surface area contributed by atoms with Crippen molar-refractivity contribution in [3.63, 3.8) is 0 Å². The van der Waals surface area contributed by atoms with E-state index in [2.05, 4.69) is 26.2 Å². The molecule has 14 heavy (non-hydrogen) atoms. The summed E-state index contributed by atoms with van der Waals surface area (Å²) >= 11 is 0. The van der Waals surface area contributed by atoms with Crippen molar-refractivity contribution in [3.8, 4) is 0 Å². The fourth-order valence-electron chi connectivity index (χ4n) is 2.12. The highest BCUT2D eigenvalue weighted by Crippen LogP contribution is 2.30. The van der Waals surface area contributed by atoms with Crippen molar-refractivity contribution in [3.05, 3.63) is 12.2 Å². The normalized spacial score (nSPS) is 19.4. The van der Waals surface area contributed by atoms with Crippen LogP contribution in [0.2, 0.25) is 19.6 Å². The Bertz CT molecular complexity index is 231. The second kappa shape index (κ2) is 4.43. The van der Waals surface area contributed by atoms with Crippen LogP contribution in [0.5, 0.6) is 0 Å². The summed E-state index contributed by atoms with van der Waals surface area (Å²) < 4.78 is 0. The minimum atomic E-state index is -1.65. The van der Waals surface area contributed by atoms with Crippen molar-refractivity contribution < 1.29 is 4.79 Å². The van der Waals surface area contributed by atoms with Crippen LogP contribution in [0.25, 0.3) is 0 Å². The Morgan fingerprint density at radius 1 is 1.14 bits per heavy atom. The van der Waals surface area contributed by atoms with Gasteiger partial charge < -0.3 is 4.79 Å². The van der Waals surface area contributed by atoms with Crippen molar-refractivity contribution in [2.45, 2.75) is 51.7 Å². The van der Waals surface area contributed by atoms with Gasteiger partial charge in [0, 0.05) is 0 Å². The van der Waals surface area contributed by atoms with Gasteiger partial charge in [0.15, 0.2) is 0 Å². The zero-order chi connectivity index (χ0) is 10.8. The van der Waals surface area contributed by atoms with Crippen LogP contribution in [0.3, 0.4) is 0 Å². The molecule has 0 atom stereocenters. The summed E-state index contributed by atoms with van der Waals surface area (Å²) in [4.78, 5) is 12.0. The monoisotopic (exact) mass is 210 g/mol. The second-order valence-electron chi connectivity index (χ2n) is 5.44. The standard InChI is InChI=1S/C12H22OSi/c1-10(12(13)14(2,3)4)11-8-6-5-7-9-11/h11H,1,5-9H2,2-4H3. The van der Waals surface area contributed by atoms with Gasteiger partial charge in [-0.3, -0.25) is 0 Å². The Kier molecular flexibility index (Phi) is 3.70. The van der Waals surface area contributed by atoms with Gasteiger partial charge in [0.05, 0.1) is 0 Å². The molecule has 0 saturated heterocycles. The third-order valence-corrected chi connectivity index (χ3v) is 4.75. The topological polar surface area (TPSA) is 17.1 Å². The maximum atomic E-state index is 12.0. The lowest BCUT2D eigenvalue weighted by Crippen LogP contribution is -2.36. The molecule has 0 unspecified atom stereocenters. The Labute approximate surface area is 88.6 Å². The Hall–Kier alpha value is -0.373. The highest BCUT2D eigenvalue weighted by atomic mass is 28.3. The summed E-state index contributed by atoms with van der Waals surface area (Å²) in [5.41, 5.74) is 0.934. The largest absolute Gasteiger partial charge is 0.300 e. The predicted octanol–water partition coefficient (Wildman–Crippen LogP) is 3.57. The number of rotatable bonds is 3. The maximum absolute atomic E-state index is 12.0. The summed E-state index contributed by atoms with van der Waals surface area (Å²) in [5, 5.41) is 0.393. The van der Waals surface area contributed by atoms with Crippen molar-refractivity contribution in [2.24, 2.45) is 5.92 Å². The van der Waals surface area contributed by atoms with Crippen LogP contribution in [0.1, 0.15) is 32.1 Å². The van der Waals surface area contributed by atoms with E-state index >= 15 is 0 Å². The first-order valence-corrected chi connectivity index (χ1v) is 9.16. The lowest BCUT2D eigenvalue weighted by molar-refractivity contribution is -0.110. The summed E-state index contributed by atoms with van der Waals surface area (Å²) in [7, 11) is -1.65. The first-order chi connectivity index (χ1) is 6.43. The van der Waals surface area contributed by atoms with Gasteiger partial charge in [-0.2, -0.15) is 0 Å². The van der Waals surface area contributed by atoms with E-state index in [0.717, 1.165) is 5.57 Å². The Morgan fingerprint density at radius 3 is 2.07 bits per heavy atom. The van der Waals surface area contributed by atoms with Gasteiger partial charge in [-0.25, -0.2) is 0 Å². The third-order valence-electron chi connectivity index (χ3n) is 3.07. The Morgan fingerprint density at radius 2 is 1.64 bits per heavy atom. The molecule has 0 spiro atoms. The lowest BCUT2D eigenvalue weighted by Gasteiger charge is -2.26. The fraction of sp³-hybridized carbons (Fsp3) is 0.750. The van der Waals surface area contributed by atoms with E-state index < -0.39 is 8.07 Å². The zero-order valence-electron chi connectivity index (χ0n) is 9.73. The van der Waals surface area contributed by atoms with Crippen molar-refractivity contribution in [1.82, 2.24) is 0 Å². The van der Waals surface area contributed by atoms with Gasteiger partial charge in [0.1, 0.15) is 13.5 Å². The molecular weight excluding hydrogens is 188 g/mol. The van der Waals surface area contributed by atoms with Gasteiger partial charge >= 0.3 is 0 Å². The lowest BCUT2D eigenvalue weighted by atomic mass is 9.85. The summed E-state index contributed by atoms with van der Waals surface area (Å²) in [6, 6.07) is 0. The summed E-state index contributed by atoms with van der Waals surface area (Å²) in [6.45, 7) is 10.4. The first-order valence-electron chi connectivity index (χ1n) is 5.66. The molecule has 1 saturated carbocycles. The molecule has 0 N–H and O–H groups in total. The van der Waals surface area contributed by atoms with Crippen LogP contribution in [0.4, 0.5) is 0 Å². The minimum Gasteiger partial charge on any atom is -0.300 e. The van der Waals surface area contributed by atoms with E-state index in [0.29, 0.717) is 11.3 Å². The van der Waals surface area contributed by atoms with E-state index in [9.17, 15) is 4.79 Å². The zero-order valence-corrected chi connectivity index (χ0v) is 10.7. The molecule has 1 aliphatic rings. The van der Waals surface area contributed by atoms with E-state index in [1.54, 1.807) is 0 Å². The minimum absolute atomic E-state index is 0.393. The van der Waals surface area contributed by atoms with E-state index in [1.807, 2.05) is 0 Å². The van der Waals surface area contributed by atoms with Crippen molar-refractivity contribution in [2.75, 3.05) is 0 Å². The molecule has 0 bridgehead atoms. The van der Waals surface area contributed by atoms with Crippen LogP contribution in [0.15, 0.2) is 12.2 Å². The quantitative estimate of drug-likeness (QED) is 0.514. The number of hydrogen-bond donors (Lipinski definition) is 0. The molecule has 0 aromatic rings. The number of carbonyl (C=O) groups is 1. The molecule has 1 rings (SSSR count). The van der Waals surface area contributed by atoms with Crippen LogP contribution in [-0.2, 0) is 4.79 Å². The predicted molar refractivity (Wildman–Crippen MR) is 64.1 cm³/mol. The highest BCUT2D eigenvalue weighted by molar-refractivity contribution is 7.05. The fourth-order valence-corrected chi connectivity index (χ4v) is 3.29. The van der Waals surface area contributed by atoms with Gasteiger partial charge in [0.25, 0.3) is 0 Å². The van der Waals surface area contributed by atoms with Crippen molar-refractivity contribution in [1.29, 1.82) is 0 Å². The smallest absolute Gasteiger partial charge is 0.135 e. The van der Waals surface area contributed by atoms with Crippen LogP contribution in [-0.4, -0.2) is 13.5 Å². The number of carbonyl (C=O) groups excluding carboxylic acids is 1. The van der Waals surface area contributed by atoms with Crippen LogP contribution >= 0.6 is 0 Å². The van der Waals surface area contributed by atoms with E-state index in [-0.39, 0.29) is 0 Å². The Balaban J connectivity index is 2.60. The molecule has 0 amide bonds. The summed E-state index contributed by atoms with van der Waals surface area (Å²) in [6.07, 6.45) is 6.28. The van der Waals surface area contributed by atoms with Crippen LogP contribution < -0.4 is 0 Å². The SMILES string of the molecule is C=C(C(=O)[Si](C)(C)C)C1CCCCC1. The third kappa shape index (κ3) is 2.81. The molecule has 0 aromatic heterocycles. The first kappa shape index (κ1) is 11.7. The van der Waals surface area contributed by atoms with Gasteiger partial charge in [0.2, 0.25) is 0 Å². The summed E-state index contributed by atoms with van der Waals surface area (Å²) in [5.74, 6) is 0.503. The average molecular weight is 210 g/mol. The van der Waals surface area contributed by atoms with Crippen LogP contribution in [0, 0.1) is 5.92 Å². The maximum Gasteiger partial charge on any atom is 0.135 e. The average Bonchev–Trinajstić information content (AvgIpc) is 2.15. The van der Waals surface area contributed by atoms with E-state index in [1.165, 1.54) is 32.1 Å². The van der Waals surface area contributed by atoms with E-state index in [4.69, 9.17) is 0 Å².